The van der Waals surface area contributed by atoms with E-state index in [1.54, 1.807) is 0 Å². The summed E-state index contributed by atoms with van der Waals surface area (Å²) in [4.78, 5) is 0. The fraction of sp³-hybridized carbons (Fsp3) is 0.444. The van der Waals surface area contributed by atoms with E-state index in [0.29, 0.717) is 12.0 Å². The molecule has 108 valence electrons. The van der Waals surface area contributed by atoms with Crippen molar-refractivity contribution in [2.45, 2.75) is 46.1 Å². The summed E-state index contributed by atoms with van der Waals surface area (Å²) in [6.07, 6.45) is 1.14. The lowest BCUT2D eigenvalue weighted by atomic mass is 9.98. The highest BCUT2D eigenvalue weighted by molar-refractivity contribution is 5.23. The lowest BCUT2D eigenvalue weighted by Gasteiger charge is -2.16. The molecule has 2 unspecified atom stereocenters. The Labute approximate surface area is 122 Å². The fourth-order valence-electron chi connectivity index (χ4n) is 2.65. The van der Waals surface area contributed by atoms with Crippen LogP contribution in [-0.4, -0.2) is 6.54 Å². The molecule has 0 aliphatic rings. The SMILES string of the molecule is Cc1cc(C(C)NCCC(C)c2ccccc2)c(C)o1. The molecule has 0 spiro atoms. The number of hydrogen-bond donors (Lipinski definition) is 1. The molecular weight excluding hydrogens is 246 g/mol. The smallest absolute Gasteiger partial charge is 0.105 e. The summed E-state index contributed by atoms with van der Waals surface area (Å²) in [7, 11) is 0. The van der Waals surface area contributed by atoms with Gasteiger partial charge < -0.3 is 9.73 Å². The monoisotopic (exact) mass is 271 g/mol. The predicted molar refractivity (Wildman–Crippen MR) is 84.1 cm³/mol. The zero-order valence-corrected chi connectivity index (χ0v) is 12.9. The van der Waals surface area contributed by atoms with Crippen LogP contribution in [-0.2, 0) is 0 Å². The Morgan fingerprint density at radius 1 is 1.10 bits per heavy atom. The van der Waals surface area contributed by atoms with Crippen molar-refractivity contribution in [2.24, 2.45) is 0 Å². The van der Waals surface area contributed by atoms with E-state index in [4.69, 9.17) is 4.42 Å². The van der Waals surface area contributed by atoms with Crippen molar-refractivity contribution in [2.75, 3.05) is 6.54 Å². The van der Waals surface area contributed by atoms with Gasteiger partial charge in [-0.2, -0.15) is 0 Å². The quantitative estimate of drug-likeness (QED) is 0.821. The maximum atomic E-state index is 5.59. The molecular formula is C18H25NO. The molecule has 0 saturated heterocycles. The Morgan fingerprint density at radius 3 is 2.40 bits per heavy atom. The summed E-state index contributed by atoms with van der Waals surface area (Å²) in [6, 6.07) is 13.2. The molecule has 2 nitrogen and oxygen atoms in total. The number of rotatable bonds is 6. The van der Waals surface area contributed by atoms with Crippen LogP contribution in [0.5, 0.6) is 0 Å². The molecule has 0 radical (unpaired) electrons. The Kier molecular flexibility index (Phi) is 5.02. The molecule has 0 aliphatic heterocycles. The summed E-state index contributed by atoms with van der Waals surface area (Å²) in [5, 5.41) is 3.59. The van der Waals surface area contributed by atoms with Gasteiger partial charge in [0, 0.05) is 11.6 Å². The lowest BCUT2D eigenvalue weighted by molar-refractivity contribution is 0.485. The summed E-state index contributed by atoms with van der Waals surface area (Å²) >= 11 is 0. The number of furan rings is 1. The molecule has 0 amide bonds. The Morgan fingerprint density at radius 2 is 1.80 bits per heavy atom. The van der Waals surface area contributed by atoms with Gasteiger partial charge >= 0.3 is 0 Å². The lowest BCUT2D eigenvalue weighted by Crippen LogP contribution is -2.21. The average Bonchev–Trinajstić information content (AvgIpc) is 2.78. The van der Waals surface area contributed by atoms with Crippen LogP contribution in [0.3, 0.4) is 0 Å². The average molecular weight is 271 g/mol. The third-order valence-corrected chi connectivity index (χ3v) is 3.94. The summed E-state index contributed by atoms with van der Waals surface area (Å²) in [6.45, 7) is 9.54. The van der Waals surface area contributed by atoms with Crippen LogP contribution < -0.4 is 5.32 Å². The van der Waals surface area contributed by atoms with Gasteiger partial charge in [-0.15, -0.1) is 0 Å². The molecule has 2 aromatic rings. The first-order chi connectivity index (χ1) is 9.58. The highest BCUT2D eigenvalue weighted by Crippen LogP contribution is 2.22. The maximum absolute atomic E-state index is 5.59. The van der Waals surface area contributed by atoms with Crippen LogP contribution in [0.25, 0.3) is 0 Å². The van der Waals surface area contributed by atoms with Gasteiger partial charge in [0.05, 0.1) is 0 Å². The van der Waals surface area contributed by atoms with Crippen molar-refractivity contribution < 1.29 is 4.42 Å². The predicted octanol–water partition coefficient (Wildman–Crippen LogP) is 4.74. The van der Waals surface area contributed by atoms with Gasteiger partial charge in [0.15, 0.2) is 0 Å². The van der Waals surface area contributed by atoms with Crippen molar-refractivity contribution >= 4 is 0 Å². The molecule has 0 aliphatic carbocycles. The fourth-order valence-corrected chi connectivity index (χ4v) is 2.65. The second kappa shape index (κ2) is 6.76. The minimum atomic E-state index is 0.343. The maximum Gasteiger partial charge on any atom is 0.105 e. The molecule has 1 aromatic carbocycles. The Hall–Kier alpha value is -1.54. The van der Waals surface area contributed by atoms with Crippen LogP contribution in [0, 0.1) is 13.8 Å². The third kappa shape index (κ3) is 3.73. The van der Waals surface area contributed by atoms with E-state index < -0.39 is 0 Å². The first-order valence-electron chi connectivity index (χ1n) is 7.43. The van der Waals surface area contributed by atoms with Gasteiger partial charge in [-0.25, -0.2) is 0 Å². The van der Waals surface area contributed by atoms with E-state index in [2.05, 4.69) is 55.6 Å². The molecule has 2 heteroatoms. The van der Waals surface area contributed by atoms with Gasteiger partial charge in [-0.3, -0.25) is 0 Å². The van der Waals surface area contributed by atoms with Crippen molar-refractivity contribution in [3.63, 3.8) is 0 Å². The number of nitrogens with one attached hydrogen (secondary N) is 1. The first kappa shape index (κ1) is 14.9. The highest BCUT2D eigenvalue weighted by Gasteiger charge is 2.12. The zero-order chi connectivity index (χ0) is 14.5. The van der Waals surface area contributed by atoms with Crippen LogP contribution in [0.2, 0.25) is 0 Å². The minimum Gasteiger partial charge on any atom is -0.466 e. The zero-order valence-electron chi connectivity index (χ0n) is 12.9. The largest absolute Gasteiger partial charge is 0.466 e. The Balaban J connectivity index is 1.82. The second-order valence-corrected chi connectivity index (χ2v) is 5.64. The van der Waals surface area contributed by atoms with Crippen LogP contribution >= 0.6 is 0 Å². The van der Waals surface area contributed by atoms with E-state index in [-0.39, 0.29) is 0 Å². The molecule has 1 aromatic heterocycles. The topological polar surface area (TPSA) is 25.2 Å². The van der Waals surface area contributed by atoms with Crippen LogP contribution in [0.15, 0.2) is 40.8 Å². The molecule has 0 bridgehead atoms. The summed E-state index contributed by atoms with van der Waals surface area (Å²) < 4.78 is 5.59. The summed E-state index contributed by atoms with van der Waals surface area (Å²) in [5.74, 6) is 2.60. The molecule has 2 rings (SSSR count). The molecule has 20 heavy (non-hydrogen) atoms. The van der Waals surface area contributed by atoms with E-state index in [1.807, 2.05) is 13.8 Å². The van der Waals surface area contributed by atoms with Crippen LogP contribution in [0.1, 0.15) is 54.9 Å². The van der Waals surface area contributed by atoms with Crippen molar-refractivity contribution in [3.8, 4) is 0 Å². The van der Waals surface area contributed by atoms with Gasteiger partial charge in [-0.1, -0.05) is 37.3 Å². The van der Waals surface area contributed by atoms with E-state index in [9.17, 15) is 0 Å². The molecule has 0 saturated carbocycles. The normalized spacial score (nSPS) is 14.2. The van der Waals surface area contributed by atoms with Crippen LogP contribution in [0.4, 0.5) is 0 Å². The standard InChI is InChI=1S/C18H25NO/c1-13(17-8-6-5-7-9-17)10-11-19-15(3)18-12-14(2)20-16(18)4/h5-9,12-13,15,19H,10-11H2,1-4H3. The van der Waals surface area contributed by atoms with Gasteiger partial charge in [0.25, 0.3) is 0 Å². The minimum absolute atomic E-state index is 0.343. The van der Waals surface area contributed by atoms with Crippen molar-refractivity contribution in [1.82, 2.24) is 5.32 Å². The van der Waals surface area contributed by atoms with E-state index >= 15 is 0 Å². The number of benzene rings is 1. The number of hydrogen-bond acceptors (Lipinski definition) is 2. The highest BCUT2D eigenvalue weighted by atomic mass is 16.3. The van der Waals surface area contributed by atoms with Gasteiger partial charge in [0.1, 0.15) is 11.5 Å². The van der Waals surface area contributed by atoms with Crippen molar-refractivity contribution in [3.05, 3.63) is 59.0 Å². The first-order valence-corrected chi connectivity index (χ1v) is 7.43. The molecule has 2 atom stereocenters. The third-order valence-electron chi connectivity index (χ3n) is 3.94. The molecule has 0 fully saturated rings. The molecule has 1 heterocycles. The number of aryl methyl sites for hydroxylation is 2. The van der Waals surface area contributed by atoms with Gasteiger partial charge in [-0.05, 0) is 51.3 Å². The van der Waals surface area contributed by atoms with Gasteiger partial charge in [0.2, 0.25) is 0 Å². The van der Waals surface area contributed by atoms with E-state index in [0.717, 1.165) is 24.5 Å². The van der Waals surface area contributed by atoms with E-state index in [1.165, 1.54) is 11.1 Å². The molecule has 1 N–H and O–H groups in total. The Bertz CT molecular complexity index is 530. The van der Waals surface area contributed by atoms with Crippen molar-refractivity contribution in [1.29, 1.82) is 0 Å². The second-order valence-electron chi connectivity index (χ2n) is 5.64. The summed E-state index contributed by atoms with van der Waals surface area (Å²) in [5.41, 5.74) is 2.69.